The molecule has 3 rings (SSSR count). The summed E-state index contributed by atoms with van der Waals surface area (Å²) in [5.41, 5.74) is 3.37. The molecule has 24 heavy (non-hydrogen) atoms. The van der Waals surface area contributed by atoms with Crippen LogP contribution in [0.4, 0.5) is 0 Å². The van der Waals surface area contributed by atoms with Gasteiger partial charge in [0.1, 0.15) is 11.5 Å². The first-order valence-electron chi connectivity index (χ1n) is 7.88. The maximum Gasteiger partial charge on any atom is 0.337 e. The Balaban J connectivity index is 2.16. The molecule has 0 amide bonds. The van der Waals surface area contributed by atoms with E-state index in [4.69, 9.17) is 4.74 Å². The van der Waals surface area contributed by atoms with E-state index in [9.17, 15) is 9.90 Å². The summed E-state index contributed by atoms with van der Waals surface area (Å²) in [5, 5.41) is 9.53. The highest BCUT2D eigenvalue weighted by atomic mass is 16.5. The second-order valence-corrected chi connectivity index (χ2v) is 6.76. The molecular weight excluding hydrogens is 302 g/mol. The maximum atomic E-state index is 11.6. The molecule has 1 aliphatic rings. The van der Waals surface area contributed by atoms with Gasteiger partial charge in [0.05, 0.1) is 11.3 Å². The Morgan fingerprint density at radius 3 is 2.50 bits per heavy atom. The van der Waals surface area contributed by atoms with Crippen molar-refractivity contribution >= 4 is 11.5 Å². The first-order valence-corrected chi connectivity index (χ1v) is 7.88. The van der Waals surface area contributed by atoms with E-state index in [2.05, 4.69) is 25.4 Å². The Labute approximate surface area is 141 Å². The number of carboxylic acid groups (broad SMARTS) is 1. The highest BCUT2D eigenvalue weighted by Crippen LogP contribution is 2.45. The number of aromatic carboxylic acids is 1. The summed E-state index contributed by atoms with van der Waals surface area (Å²) in [5.74, 6) is 0.621. The third-order valence-corrected chi connectivity index (χ3v) is 4.57. The Hall–Kier alpha value is -2.75. The number of H-pyrrole nitrogens is 1. The number of ether oxygens (including phenoxy) is 1. The van der Waals surface area contributed by atoms with E-state index in [0.717, 1.165) is 34.8 Å². The minimum atomic E-state index is -0.953. The van der Waals surface area contributed by atoms with Crippen LogP contribution in [-0.2, 0) is 4.74 Å². The first-order chi connectivity index (χ1) is 11.3. The van der Waals surface area contributed by atoms with E-state index in [1.807, 2.05) is 37.3 Å². The van der Waals surface area contributed by atoms with Gasteiger partial charge in [-0.15, -0.1) is 0 Å². The second kappa shape index (κ2) is 5.71. The van der Waals surface area contributed by atoms with Crippen LogP contribution in [0.15, 0.2) is 54.6 Å². The van der Waals surface area contributed by atoms with Gasteiger partial charge in [-0.2, -0.15) is 0 Å². The van der Waals surface area contributed by atoms with E-state index >= 15 is 0 Å². The molecule has 1 fully saturated rings. The number of hydrogen-bond acceptors (Lipinski definition) is 2. The van der Waals surface area contributed by atoms with Crippen molar-refractivity contribution in [3.63, 3.8) is 0 Å². The van der Waals surface area contributed by atoms with E-state index in [1.165, 1.54) is 0 Å². The second-order valence-electron chi connectivity index (χ2n) is 6.76. The van der Waals surface area contributed by atoms with Crippen molar-refractivity contribution in [2.75, 3.05) is 0 Å². The molecule has 0 saturated carbocycles. The molecule has 1 saturated heterocycles. The summed E-state index contributed by atoms with van der Waals surface area (Å²) < 4.78 is 5.87. The number of aromatic nitrogens is 1. The summed E-state index contributed by atoms with van der Waals surface area (Å²) in [6.45, 7) is 10.1. The van der Waals surface area contributed by atoms with Gasteiger partial charge >= 0.3 is 5.97 Å². The molecule has 2 N–H and O–H groups in total. The number of aromatic amines is 1. The molecule has 0 bridgehead atoms. The molecule has 1 aromatic carbocycles. The van der Waals surface area contributed by atoms with Crippen molar-refractivity contribution in [3.05, 3.63) is 65.9 Å². The SMILES string of the molecule is C=C1O/C(=C(\C)c2[nH]cc(C(=O)O)c2-c2ccccc2)CC1(C)C. The molecule has 0 atom stereocenters. The van der Waals surface area contributed by atoms with Crippen LogP contribution in [0, 0.1) is 5.41 Å². The topological polar surface area (TPSA) is 62.3 Å². The maximum absolute atomic E-state index is 11.6. The predicted molar refractivity (Wildman–Crippen MR) is 94.4 cm³/mol. The van der Waals surface area contributed by atoms with Crippen molar-refractivity contribution in [1.82, 2.24) is 4.98 Å². The fourth-order valence-corrected chi connectivity index (χ4v) is 2.96. The summed E-state index contributed by atoms with van der Waals surface area (Å²) in [6, 6.07) is 9.54. The third-order valence-electron chi connectivity index (χ3n) is 4.57. The van der Waals surface area contributed by atoms with Crippen LogP contribution in [0.25, 0.3) is 16.7 Å². The van der Waals surface area contributed by atoms with Gasteiger partial charge in [0.25, 0.3) is 0 Å². The molecule has 0 radical (unpaired) electrons. The Morgan fingerprint density at radius 1 is 1.29 bits per heavy atom. The van der Waals surface area contributed by atoms with Gasteiger partial charge in [0.2, 0.25) is 0 Å². The lowest BCUT2D eigenvalue weighted by Crippen LogP contribution is -2.06. The lowest BCUT2D eigenvalue weighted by molar-refractivity contribution is 0.0698. The minimum absolute atomic E-state index is 0.119. The van der Waals surface area contributed by atoms with Crippen LogP contribution < -0.4 is 0 Å². The molecule has 0 unspecified atom stereocenters. The largest absolute Gasteiger partial charge is 0.478 e. The van der Waals surface area contributed by atoms with Crippen LogP contribution in [0.2, 0.25) is 0 Å². The standard InChI is InChI=1S/C20H21NO3/c1-12(16-10-20(3,4)13(2)24-16)18-17(14-8-6-5-7-9-14)15(11-21-18)19(22)23/h5-9,11,21H,2,10H2,1,3-4H3,(H,22,23)/b16-12+. The van der Waals surface area contributed by atoms with Crippen LogP contribution in [-0.4, -0.2) is 16.1 Å². The number of rotatable bonds is 3. The lowest BCUT2D eigenvalue weighted by atomic mass is 9.88. The fourth-order valence-electron chi connectivity index (χ4n) is 2.96. The van der Waals surface area contributed by atoms with Gasteiger partial charge < -0.3 is 14.8 Å². The smallest absolute Gasteiger partial charge is 0.337 e. The minimum Gasteiger partial charge on any atom is -0.478 e. The molecule has 4 nitrogen and oxygen atoms in total. The quantitative estimate of drug-likeness (QED) is 0.829. The molecule has 4 heteroatoms. The molecule has 1 aromatic heterocycles. The zero-order chi connectivity index (χ0) is 17.5. The fraction of sp³-hybridized carbons (Fsp3) is 0.250. The van der Waals surface area contributed by atoms with Crippen molar-refractivity contribution in [2.45, 2.75) is 27.2 Å². The van der Waals surface area contributed by atoms with E-state index in [-0.39, 0.29) is 11.0 Å². The highest BCUT2D eigenvalue weighted by molar-refractivity contribution is 5.99. The number of nitrogens with one attached hydrogen (secondary N) is 1. The van der Waals surface area contributed by atoms with Gasteiger partial charge in [-0.05, 0) is 12.5 Å². The van der Waals surface area contributed by atoms with E-state index in [0.29, 0.717) is 5.56 Å². The van der Waals surface area contributed by atoms with Crippen LogP contribution in [0.5, 0.6) is 0 Å². The molecule has 2 heterocycles. The Kier molecular flexibility index (Phi) is 3.84. The van der Waals surface area contributed by atoms with Gasteiger partial charge in [-0.3, -0.25) is 0 Å². The zero-order valence-electron chi connectivity index (χ0n) is 14.1. The monoisotopic (exact) mass is 323 g/mol. The van der Waals surface area contributed by atoms with Crippen LogP contribution in [0.1, 0.15) is 43.2 Å². The Bertz CT molecular complexity index is 841. The average Bonchev–Trinajstić information content (AvgIpc) is 3.09. The van der Waals surface area contributed by atoms with E-state index in [1.54, 1.807) is 6.20 Å². The third kappa shape index (κ3) is 2.64. The number of carboxylic acids is 1. The summed E-state index contributed by atoms with van der Waals surface area (Å²) >= 11 is 0. The van der Waals surface area contributed by atoms with Gasteiger partial charge in [0.15, 0.2) is 0 Å². The van der Waals surface area contributed by atoms with Crippen molar-refractivity contribution in [1.29, 1.82) is 0 Å². The number of allylic oxidation sites excluding steroid dienone is 3. The molecule has 0 aliphatic carbocycles. The van der Waals surface area contributed by atoms with E-state index < -0.39 is 5.97 Å². The normalized spacial score (nSPS) is 18.4. The van der Waals surface area contributed by atoms with Crippen LogP contribution in [0.3, 0.4) is 0 Å². The predicted octanol–water partition coefficient (Wildman–Crippen LogP) is 5.07. The summed E-state index contributed by atoms with van der Waals surface area (Å²) in [7, 11) is 0. The van der Waals surface area contributed by atoms with Crippen molar-refractivity contribution < 1.29 is 14.6 Å². The molecule has 2 aromatic rings. The molecule has 0 spiro atoms. The van der Waals surface area contributed by atoms with Gasteiger partial charge in [-0.1, -0.05) is 50.8 Å². The summed E-state index contributed by atoms with van der Waals surface area (Å²) in [4.78, 5) is 14.8. The van der Waals surface area contributed by atoms with Gasteiger partial charge in [0, 0.05) is 29.2 Å². The zero-order valence-corrected chi connectivity index (χ0v) is 14.1. The lowest BCUT2D eigenvalue weighted by Gasteiger charge is -2.13. The molecule has 124 valence electrons. The molecular formula is C20H21NO3. The number of hydrogen-bond donors (Lipinski definition) is 2. The first kappa shape index (κ1) is 16.1. The van der Waals surface area contributed by atoms with Crippen LogP contribution >= 0.6 is 0 Å². The summed E-state index contributed by atoms with van der Waals surface area (Å²) in [6.07, 6.45) is 2.28. The average molecular weight is 323 g/mol. The highest BCUT2D eigenvalue weighted by Gasteiger charge is 2.35. The van der Waals surface area contributed by atoms with Crippen molar-refractivity contribution in [3.8, 4) is 11.1 Å². The van der Waals surface area contributed by atoms with Gasteiger partial charge in [-0.25, -0.2) is 4.79 Å². The Morgan fingerprint density at radius 2 is 1.96 bits per heavy atom. The number of benzene rings is 1. The number of carbonyl (C=O) groups is 1. The molecule has 1 aliphatic heterocycles. The van der Waals surface area contributed by atoms with Crippen molar-refractivity contribution in [2.24, 2.45) is 5.41 Å².